The molecule has 110 valence electrons. The predicted molar refractivity (Wildman–Crippen MR) is 76.8 cm³/mol. The second-order valence-corrected chi connectivity index (χ2v) is 7.43. The van der Waals surface area contributed by atoms with Gasteiger partial charge in [-0.05, 0) is 59.8 Å². The molecule has 19 heavy (non-hydrogen) atoms. The lowest BCUT2D eigenvalue weighted by Gasteiger charge is -2.52. The summed E-state index contributed by atoms with van der Waals surface area (Å²) in [4.78, 5) is 18.4. The minimum absolute atomic E-state index is 0.0222. The van der Waals surface area contributed by atoms with E-state index in [-0.39, 0.29) is 17.2 Å². The second-order valence-electron chi connectivity index (χ2n) is 7.43. The third-order valence-corrected chi connectivity index (χ3v) is 4.66. The molecule has 3 nitrogen and oxygen atoms in total. The van der Waals surface area contributed by atoms with Crippen molar-refractivity contribution in [1.29, 1.82) is 0 Å². The Morgan fingerprint density at radius 1 is 1.00 bits per heavy atom. The fraction of sp³-hybridized carbons (Fsp3) is 0.938. The molecule has 0 bridgehead atoms. The van der Waals surface area contributed by atoms with Crippen molar-refractivity contribution in [1.82, 2.24) is 5.06 Å². The Kier molecular flexibility index (Phi) is 4.36. The molecule has 0 N–H and O–H groups in total. The molecule has 0 amide bonds. The number of carbonyl (C=O) groups is 1. The smallest absolute Gasteiger partial charge is 0.163 e. The molecular formula is C16H29NO2. The number of Topliss-reactive ketones (excluding diaryl/α,β-unsaturated/α-hetero) is 1. The summed E-state index contributed by atoms with van der Waals surface area (Å²) in [6, 6.07) is 0. The number of piperidine rings is 1. The average Bonchev–Trinajstić information content (AvgIpc) is 2.48. The zero-order valence-electron chi connectivity index (χ0n) is 13.0. The van der Waals surface area contributed by atoms with Gasteiger partial charge in [0.1, 0.15) is 6.10 Å². The Bertz CT molecular complexity index is 320. The molecule has 0 aromatic carbocycles. The van der Waals surface area contributed by atoms with Gasteiger partial charge in [-0.15, -0.1) is 0 Å². The Hall–Kier alpha value is -0.410. The lowest BCUT2D eigenvalue weighted by Crippen LogP contribution is -2.59. The summed E-state index contributed by atoms with van der Waals surface area (Å²) in [5.41, 5.74) is 0.0443. The highest BCUT2D eigenvalue weighted by Gasteiger charge is 2.44. The van der Waals surface area contributed by atoms with Crippen LogP contribution in [0.15, 0.2) is 0 Å². The van der Waals surface area contributed by atoms with E-state index >= 15 is 0 Å². The number of hydrogen-bond acceptors (Lipinski definition) is 3. The van der Waals surface area contributed by atoms with Crippen molar-refractivity contribution in [3.63, 3.8) is 0 Å². The first-order valence-corrected chi connectivity index (χ1v) is 7.83. The zero-order valence-corrected chi connectivity index (χ0v) is 13.0. The molecule has 0 spiro atoms. The Morgan fingerprint density at radius 2 is 1.63 bits per heavy atom. The molecule has 1 aliphatic heterocycles. The topological polar surface area (TPSA) is 29.5 Å². The van der Waals surface area contributed by atoms with Gasteiger partial charge in [-0.25, -0.2) is 0 Å². The summed E-state index contributed by atoms with van der Waals surface area (Å²) >= 11 is 0. The average molecular weight is 267 g/mol. The quantitative estimate of drug-likeness (QED) is 0.711. The maximum absolute atomic E-state index is 12.2. The van der Waals surface area contributed by atoms with Crippen LogP contribution in [0.2, 0.25) is 0 Å². The van der Waals surface area contributed by atoms with Gasteiger partial charge in [0.2, 0.25) is 0 Å². The third-order valence-electron chi connectivity index (χ3n) is 4.66. The maximum Gasteiger partial charge on any atom is 0.163 e. The van der Waals surface area contributed by atoms with Crippen molar-refractivity contribution in [3.8, 4) is 0 Å². The number of ketones is 1. The van der Waals surface area contributed by atoms with E-state index in [2.05, 4.69) is 32.8 Å². The molecule has 2 rings (SSSR count). The molecule has 0 aromatic heterocycles. The number of nitrogens with zero attached hydrogens (tertiary/aromatic N) is 1. The highest BCUT2D eigenvalue weighted by atomic mass is 16.7. The van der Waals surface area contributed by atoms with Gasteiger partial charge >= 0.3 is 0 Å². The van der Waals surface area contributed by atoms with Gasteiger partial charge in [0.05, 0.1) is 0 Å². The standard InChI is InChI=1S/C16H29NO2/c1-15(2)11-8-12-16(3,4)17(15)19-14-10-7-5-6-9-13(14)18/h14H,5-12H2,1-4H3. The summed E-state index contributed by atoms with van der Waals surface area (Å²) in [7, 11) is 0. The first-order valence-electron chi connectivity index (χ1n) is 7.83. The largest absolute Gasteiger partial charge is 0.297 e. The van der Waals surface area contributed by atoms with E-state index in [4.69, 9.17) is 4.84 Å². The van der Waals surface area contributed by atoms with Crippen molar-refractivity contribution in [2.24, 2.45) is 0 Å². The van der Waals surface area contributed by atoms with Crippen molar-refractivity contribution in [2.45, 2.75) is 96.2 Å². The van der Waals surface area contributed by atoms with Crippen molar-refractivity contribution < 1.29 is 9.63 Å². The molecule has 1 aliphatic carbocycles. The van der Waals surface area contributed by atoms with Crippen molar-refractivity contribution in [2.75, 3.05) is 0 Å². The number of rotatable bonds is 2. The maximum atomic E-state index is 12.2. The molecular weight excluding hydrogens is 238 g/mol. The summed E-state index contributed by atoms with van der Waals surface area (Å²) < 4.78 is 0. The number of hydrogen-bond donors (Lipinski definition) is 0. The lowest BCUT2D eigenvalue weighted by atomic mass is 9.82. The molecule has 0 radical (unpaired) electrons. The zero-order chi connectivity index (χ0) is 14.1. The van der Waals surface area contributed by atoms with Crippen LogP contribution in [0.4, 0.5) is 0 Å². The summed E-state index contributed by atoms with van der Waals surface area (Å²) in [6.45, 7) is 8.92. The molecule has 1 saturated carbocycles. The summed E-state index contributed by atoms with van der Waals surface area (Å²) in [5.74, 6) is 0.301. The van der Waals surface area contributed by atoms with Crippen LogP contribution in [0, 0.1) is 0 Å². The highest BCUT2D eigenvalue weighted by molar-refractivity contribution is 5.83. The van der Waals surface area contributed by atoms with Crippen LogP contribution in [0.3, 0.4) is 0 Å². The summed E-state index contributed by atoms with van der Waals surface area (Å²) in [6.07, 6.45) is 8.20. The van der Waals surface area contributed by atoms with E-state index in [1.807, 2.05) is 0 Å². The second kappa shape index (κ2) is 5.53. The van der Waals surface area contributed by atoms with Crippen LogP contribution < -0.4 is 0 Å². The van der Waals surface area contributed by atoms with Crippen molar-refractivity contribution in [3.05, 3.63) is 0 Å². The molecule has 1 unspecified atom stereocenters. The molecule has 0 aromatic rings. The molecule has 3 heteroatoms. The van der Waals surface area contributed by atoms with Crippen LogP contribution in [0.1, 0.15) is 79.1 Å². The third kappa shape index (κ3) is 3.38. The Morgan fingerprint density at radius 3 is 2.26 bits per heavy atom. The van der Waals surface area contributed by atoms with Crippen LogP contribution in [-0.2, 0) is 9.63 Å². The molecule has 1 saturated heterocycles. The van der Waals surface area contributed by atoms with Gasteiger partial charge in [-0.1, -0.05) is 12.8 Å². The molecule has 1 heterocycles. The van der Waals surface area contributed by atoms with Crippen molar-refractivity contribution >= 4 is 5.78 Å². The monoisotopic (exact) mass is 267 g/mol. The number of carbonyl (C=O) groups excluding carboxylic acids is 1. The first kappa shape index (κ1) is 15.0. The van der Waals surface area contributed by atoms with E-state index in [1.54, 1.807) is 0 Å². The molecule has 1 atom stereocenters. The number of hydroxylamine groups is 2. The Balaban J connectivity index is 2.11. The van der Waals surface area contributed by atoms with E-state index < -0.39 is 0 Å². The van der Waals surface area contributed by atoms with Gasteiger partial charge < -0.3 is 0 Å². The normalized spacial score (nSPS) is 32.0. The van der Waals surface area contributed by atoms with Crippen LogP contribution in [-0.4, -0.2) is 28.0 Å². The van der Waals surface area contributed by atoms with E-state index in [0.717, 1.165) is 32.1 Å². The minimum Gasteiger partial charge on any atom is -0.297 e. The fourth-order valence-electron chi connectivity index (χ4n) is 3.63. The van der Waals surface area contributed by atoms with E-state index in [1.165, 1.54) is 12.8 Å². The predicted octanol–water partition coefficient (Wildman–Crippen LogP) is 3.86. The first-order chi connectivity index (χ1) is 8.83. The Labute approximate surface area is 117 Å². The van der Waals surface area contributed by atoms with Gasteiger partial charge in [0.25, 0.3) is 0 Å². The van der Waals surface area contributed by atoms with E-state index in [0.29, 0.717) is 12.2 Å². The fourth-order valence-corrected chi connectivity index (χ4v) is 3.63. The van der Waals surface area contributed by atoms with Gasteiger partial charge in [0, 0.05) is 17.5 Å². The van der Waals surface area contributed by atoms with Crippen LogP contribution >= 0.6 is 0 Å². The van der Waals surface area contributed by atoms with Crippen LogP contribution in [0.25, 0.3) is 0 Å². The minimum atomic E-state index is -0.209. The summed E-state index contributed by atoms with van der Waals surface area (Å²) in [5, 5.41) is 2.14. The van der Waals surface area contributed by atoms with Gasteiger partial charge in [-0.3, -0.25) is 9.63 Å². The highest BCUT2D eigenvalue weighted by Crippen LogP contribution is 2.39. The van der Waals surface area contributed by atoms with E-state index in [9.17, 15) is 4.79 Å². The molecule has 2 fully saturated rings. The van der Waals surface area contributed by atoms with Gasteiger partial charge in [-0.2, -0.15) is 5.06 Å². The van der Waals surface area contributed by atoms with Gasteiger partial charge in [0.15, 0.2) is 5.78 Å². The van der Waals surface area contributed by atoms with Crippen LogP contribution in [0.5, 0.6) is 0 Å². The lowest BCUT2D eigenvalue weighted by molar-refractivity contribution is -0.299. The molecule has 2 aliphatic rings. The SMILES string of the molecule is CC1(C)CCCC(C)(C)N1OC1CCCCCC1=O.